The summed E-state index contributed by atoms with van der Waals surface area (Å²) in [6, 6.07) is 7.89. The van der Waals surface area contributed by atoms with Crippen molar-refractivity contribution in [1.82, 2.24) is 13.6 Å². The average Bonchev–Trinajstić information content (AvgIpc) is 3.24. The van der Waals surface area contributed by atoms with Gasteiger partial charge in [-0.2, -0.15) is 0 Å². The van der Waals surface area contributed by atoms with E-state index in [1.807, 2.05) is 26.2 Å². The van der Waals surface area contributed by atoms with Gasteiger partial charge in [0.2, 0.25) is 0 Å². The molecule has 1 aromatic heterocycles. The summed E-state index contributed by atoms with van der Waals surface area (Å²) >= 11 is -1.03. The third-order valence-corrected chi connectivity index (χ3v) is 7.09. The molecular weight excluding hydrogens is 392 g/mol. The van der Waals surface area contributed by atoms with Crippen LogP contribution < -0.4 is 5.32 Å². The summed E-state index contributed by atoms with van der Waals surface area (Å²) in [5.41, 5.74) is 1.95. The Hall–Kier alpha value is -2.23. The van der Waals surface area contributed by atoms with Crippen molar-refractivity contribution in [3.05, 3.63) is 48.2 Å². The minimum Gasteiger partial charge on any atom is -0.445 e. The van der Waals surface area contributed by atoms with Crippen molar-refractivity contribution in [1.29, 1.82) is 0 Å². The zero-order valence-electron chi connectivity index (χ0n) is 16.6. The number of amides is 1. The molecule has 2 saturated heterocycles. The number of hydrogen-bond acceptors (Lipinski definition) is 5. The first-order chi connectivity index (χ1) is 14.0. The van der Waals surface area contributed by atoms with Gasteiger partial charge in [0.1, 0.15) is 0 Å². The molecule has 9 heteroatoms. The minimum absolute atomic E-state index is 0.0456. The highest BCUT2D eigenvalue weighted by Gasteiger charge is 2.47. The topological polar surface area (TPSA) is 87.9 Å². The lowest BCUT2D eigenvalue weighted by Crippen LogP contribution is -2.57. The number of fused-ring (bicyclic) bond motifs is 2. The van der Waals surface area contributed by atoms with Crippen LogP contribution in [0.4, 0.5) is 10.5 Å². The van der Waals surface area contributed by atoms with Gasteiger partial charge in [-0.05, 0) is 48.3 Å². The Morgan fingerprint density at radius 2 is 2.03 bits per heavy atom. The molecule has 1 aliphatic carbocycles. The standard InChI is InChI=1S/C20H26N4O4S/c1-23(2)29(26)24-10-15-8-16(11-24)19(15)7-14-3-5-17(6-4-14)22-20(25)27-12-18-9-21-13-28-18/h3-6,9,13,15-16,19H,7-8,10-12H2,1-2H3,(H,22,25). The van der Waals surface area contributed by atoms with Gasteiger partial charge in [0, 0.05) is 32.9 Å². The van der Waals surface area contributed by atoms with Crippen molar-refractivity contribution in [2.24, 2.45) is 17.8 Å². The van der Waals surface area contributed by atoms with E-state index in [0.29, 0.717) is 29.2 Å². The SMILES string of the molecule is CN(C)S(=O)N1CC2CC(C1)C2Cc1ccc(NC(=O)OCc2cnco2)cc1. The second kappa shape index (κ2) is 8.64. The third kappa shape index (κ3) is 4.68. The molecule has 3 aliphatic rings. The molecule has 2 bridgehead atoms. The Bertz CT molecular complexity index is 844. The molecule has 1 amide bonds. The van der Waals surface area contributed by atoms with Crippen LogP contribution in [-0.4, -0.2) is 51.1 Å². The number of aromatic nitrogens is 1. The van der Waals surface area contributed by atoms with Gasteiger partial charge in [-0.3, -0.25) is 5.32 Å². The van der Waals surface area contributed by atoms with Crippen molar-refractivity contribution >= 4 is 23.0 Å². The lowest BCUT2D eigenvalue weighted by Gasteiger charge is -2.53. The Morgan fingerprint density at radius 1 is 1.31 bits per heavy atom. The normalized spacial score (nSPS) is 24.7. The van der Waals surface area contributed by atoms with Gasteiger partial charge < -0.3 is 9.15 Å². The van der Waals surface area contributed by atoms with E-state index in [4.69, 9.17) is 9.15 Å². The number of rotatable bonds is 7. The number of nitrogens with zero attached hydrogens (tertiary/aromatic N) is 3. The molecule has 156 valence electrons. The molecule has 8 nitrogen and oxygen atoms in total. The monoisotopic (exact) mass is 418 g/mol. The quantitative estimate of drug-likeness (QED) is 0.747. The largest absolute Gasteiger partial charge is 0.445 e. The van der Waals surface area contributed by atoms with Crippen LogP contribution in [0.5, 0.6) is 0 Å². The Labute approximate surface area is 172 Å². The van der Waals surface area contributed by atoms with Crippen molar-refractivity contribution in [3.8, 4) is 0 Å². The van der Waals surface area contributed by atoms with Gasteiger partial charge in [-0.1, -0.05) is 12.1 Å². The number of anilines is 1. The van der Waals surface area contributed by atoms with E-state index in [1.165, 1.54) is 24.6 Å². The summed E-state index contributed by atoms with van der Waals surface area (Å²) in [5.74, 6) is 2.37. The van der Waals surface area contributed by atoms with E-state index in [2.05, 4.69) is 26.7 Å². The van der Waals surface area contributed by atoms with Crippen LogP contribution in [0, 0.1) is 17.8 Å². The van der Waals surface area contributed by atoms with E-state index in [0.717, 1.165) is 19.5 Å². The van der Waals surface area contributed by atoms with Gasteiger partial charge in [-0.15, -0.1) is 0 Å². The van der Waals surface area contributed by atoms with Crippen LogP contribution in [0.2, 0.25) is 0 Å². The van der Waals surface area contributed by atoms with E-state index < -0.39 is 17.3 Å². The number of carbonyl (C=O) groups excluding carboxylic acids is 1. The molecule has 2 aromatic rings. The summed E-state index contributed by atoms with van der Waals surface area (Å²) < 4.78 is 26.3. The number of hydrogen-bond donors (Lipinski definition) is 1. The molecule has 2 aliphatic heterocycles. The van der Waals surface area contributed by atoms with E-state index in [9.17, 15) is 9.00 Å². The van der Waals surface area contributed by atoms with Gasteiger partial charge in [0.15, 0.2) is 29.9 Å². The molecule has 3 heterocycles. The van der Waals surface area contributed by atoms with E-state index in [1.54, 1.807) is 4.31 Å². The lowest BCUT2D eigenvalue weighted by atomic mass is 9.60. The fourth-order valence-corrected chi connectivity index (χ4v) is 5.34. The summed E-state index contributed by atoms with van der Waals surface area (Å²) in [6.07, 6.45) is 4.54. The average molecular weight is 419 g/mol. The maximum absolute atomic E-state index is 12.3. The fourth-order valence-electron chi connectivity index (χ4n) is 4.24. The van der Waals surface area contributed by atoms with Crippen LogP contribution in [0.25, 0.3) is 0 Å². The molecule has 3 unspecified atom stereocenters. The lowest BCUT2D eigenvalue weighted by molar-refractivity contribution is -0.00772. The first-order valence-corrected chi connectivity index (χ1v) is 10.8. The number of benzene rings is 1. The highest BCUT2D eigenvalue weighted by molar-refractivity contribution is 7.80. The van der Waals surface area contributed by atoms with Crippen LogP contribution in [0.15, 0.2) is 41.3 Å². The van der Waals surface area contributed by atoms with Crippen LogP contribution in [0.1, 0.15) is 17.7 Å². The summed E-state index contributed by atoms with van der Waals surface area (Å²) in [4.78, 5) is 15.6. The first-order valence-electron chi connectivity index (χ1n) is 9.74. The predicted octanol–water partition coefficient (Wildman–Crippen LogP) is 2.67. The molecule has 1 N–H and O–H groups in total. The molecule has 1 saturated carbocycles. The molecule has 1 aromatic carbocycles. The highest BCUT2D eigenvalue weighted by Crippen LogP contribution is 2.47. The number of oxazole rings is 1. The number of ether oxygens (including phenoxy) is 1. The minimum atomic E-state index is -1.03. The van der Waals surface area contributed by atoms with Crippen molar-refractivity contribution in [3.63, 3.8) is 0 Å². The number of nitrogens with one attached hydrogen (secondary N) is 1. The fraction of sp³-hybridized carbons (Fsp3) is 0.500. The second-order valence-corrected chi connectivity index (χ2v) is 9.59. The van der Waals surface area contributed by atoms with Crippen molar-refractivity contribution < 1.29 is 18.2 Å². The number of piperidine rings is 2. The molecule has 0 radical (unpaired) electrons. The smallest absolute Gasteiger partial charge is 0.412 e. The van der Waals surface area contributed by atoms with Crippen molar-refractivity contribution in [2.45, 2.75) is 19.4 Å². The van der Waals surface area contributed by atoms with E-state index in [-0.39, 0.29) is 6.61 Å². The van der Waals surface area contributed by atoms with Gasteiger partial charge in [0.25, 0.3) is 0 Å². The van der Waals surface area contributed by atoms with Crippen molar-refractivity contribution in [2.75, 3.05) is 32.5 Å². The molecule has 0 spiro atoms. The molecule has 29 heavy (non-hydrogen) atoms. The molecule has 3 atom stereocenters. The second-order valence-electron chi connectivity index (χ2n) is 7.88. The Balaban J connectivity index is 1.25. The van der Waals surface area contributed by atoms with Crippen LogP contribution >= 0.6 is 0 Å². The maximum atomic E-state index is 12.3. The highest BCUT2D eigenvalue weighted by atomic mass is 32.2. The van der Waals surface area contributed by atoms with Crippen LogP contribution in [0.3, 0.4) is 0 Å². The zero-order chi connectivity index (χ0) is 20.4. The van der Waals surface area contributed by atoms with Gasteiger partial charge >= 0.3 is 6.09 Å². The van der Waals surface area contributed by atoms with E-state index >= 15 is 0 Å². The zero-order valence-corrected chi connectivity index (χ0v) is 17.4. The molecule has 3 fully saturated rings. The summed E-state index contributed by atoms with van der Waals surface area (Å²) in [6.45, 7) is 1.86. The summed E-state index contributed by atoms with van der Waals surface area (Å²) in [7, 11) is 3.71. The Morgan fingerprint density at radius 3 is 2.66 bits per heavy atom. The maximum Gasteiger partial charge on any atom is 0.412 e. The Kier molecular flexibility index (Phi) is 5.98. The molecular formula is C20H26N4O4S. The summed E-state index contributed by atoms with van der Waals surface area (Å²) in [5, 5.41) is 2.71. The molecule has 5 rings (SSSR count). The predicted molar refractivity (Wildman–Crippen MR) is 109 cm³/mol. The number of carbonyl (C=O) groups is 1. The third-order valence-electron chi connectivity index (χ3n) is 5.73. The van der Waals surface area contributed by atoms with Gasteiger partial charge in [0.05, 0.1) is 6.20 Å². The van der Waals surface area contributed by atoms with Crippen LogP contribution in [-0.2, 0) is 28.9 Å². The first kappa shape index (κ1) is 20.1. The van der Waals surface area contributed by atoms with Gasteiger partial charge in [-0.25, -0.2) is 22.6 Å².